The molecule has 6 heteroatoms. The highest BCUT2D eigenvalue weighted by Gasteiger charge is 2.22. The Morgan fingerprint density at radius 2 is 2.33 bits per heavy atom. The van der Waals surface area contributed by atoms with Crippen LogP contribution in [0.3, 0.4) is 0 Å². The van der Waals surface area contributed by atoms with Gasteiger partial charge in [-0.1, -0.05) is 0 Å². The van der Waals surface area contributed by atoms with Crippen molar-refractivity contribution in [2.24, 2.45) is 0 Å². The zero-order valence-corrected chi connectivity index (χ0v) is 12.3. The molecule has 0 unspecified atom stereocenters. The molecule has 2 heterocycles. The van der Waals surface area contributed by atoms with Crippen molar-refractivity contribution < 1.29 is 4.79 Å². The van der Waals surface area contributed by atoms with Crippen LogP contribution in [0.5, 0.6) is 0 Å². The van der Waals surface area contributed by atoms with Crippen LogP contribution in [0, 0.1) is 6.92 Å². The van der Waals surface area contributed by atoms with Gasteiger partial charge in [-0.05, 0) is 32.7 Å². The number of fused-ring (bicyclic) bond motifs is 1. The summed E-state index contributed by atoms with van der Waals surface area (Å²) in [5, 5.41) is 10.7. The van der Waals surface area contributed by atoms with Gasteiger partial charge in [-0.15, -0.1) is 0 Å². The first-order chi connectivity index (χ1) is 10.2. The minimum Gasteiger partial charge on any atom is -0.353 e. The maximum absolute atomic E-state index is 11.5. The number of carbonyl (C=O) groups is 1. The lowest BCUT2D eigenvalue weighted by atomic mass is 10.2. The lowest BCUT2D eigenvalue weighted by Gasteiger charge is -2.05. The molecule has 0 bridgehead atoms. The Morgan fingerprint density at radius 3 is 3.14 bits per heavy atom. The monoisotopic (exact) mass is 287 g/mol. The molecule has 21 heavy (non-hydrogen) atoms. The molecule has 0 aromatic carbocycles. The second-order valence-electron chi connectivity index (χ2n) is 5.67. The zero-order chi connectivity index (χ0) is 14.7. The quantitative estimate of drug-likeness (QED) is 0.750. The molecule has 1 fully saturated rings. The number of hydrogen-bond donors (Lipinski definition) is 2. The van der Waals surface area contributed by atoms with E-state index in [0.717, 1.165) is 49.3 Å². The minimum atomic E-state index is 0.175. The zero-order valence-electron chi connectivity index (χ0n) is 12.3. The second-order valence-corrected chi connectivity index (χ2v) is 5.67. The third-order valence-corrected chi connectivity index (χ3v) is 3.52. The number of nitrogens with one attached hydrogen (secondary N) is 2. The molecule has 1 saturated carbocycles. The maximum atomic E-state index is 11.5. The van der Waals surface area contributed by atoms with Gasteiger partial charge in [0.1, 0.15) is 0 Å². The number of nitrogens with zero attached hydrogens (tertiary/aromatic N) is 3. The van der Waals surface area contributed by atoms with Gasteiger partial charge < -0.3 is 10.6 Å². The van der Waals surface area contributed by atoms with Gasteiger partial charge in [-0.25, -0.2) is 9.50 Å². The van der Waals surface area contributed by atoms with E-state index in [1.807, 2.05) is 25.4 Å². The van der Waals surface area contributed by atoms with Crippen molar-refractivity contribution in [1.82, 2.24) is 25.2 Å². The summed E-state index contributed by atoms with van der Waals surface area (Å²) in [5.74, 6) is 0.175. The molecule has 2 aromatic rings. The summed E-state index contributed by atoms with van der Waals surface area (Å²) in [7, 11) is 0. The van der Waals surface area contributed by atoms with Crippen LogP contribution in [0.1, 0.15) is 36.9 Å². The molecule has 0 atom stereocenters. The summed E-state index contributed by atoms with van der Waals surface area (Å²) in [6.07, 6.45) is 7.60. The van der Waals surface area contributed by atoms with Crippen molar-refractivity contribution in [3.05, 3.63) is 29.7 Å². The Labute approximate surface area is 123 Å². The molecule has 0 saturated heterocycles. The molecular formula is C15H21N5O. The Balaban J connectivity index is 1.38. The average Bonchev–Trinajstić information content (AvgIpc) is 3.17. The fourth-order valence-electron chi connectivity index (χ4n) is 2.26. The van der Waals surface area contributed by atoms with Gasteiger partial charge in [0.2, 0.25) is 5.91 Å². The highest BCUT2D eigenvalue weighted by molar-refractivity contribution is 5.76. The highest BCUT2D eigenvalue weighted by Crippen LogP contribution is 2.18. The van der Waals surface area contributed by atoms with E-state index in [9.17, 15) is 4.79 Å². The van der Waals surface area contributed by atoms with E-state index in [1.54, 1.807) is 4.52 Å². The van der Waals surface area contributed by atoms with Crippen LogP contribution in [-0.4, -0.2) is 33.1 Å². The van der Waals surface area contributed by atoms with E-state index in [-0.39, 0.29) is 5.91 Å². The molecule has 1 amide bonds. The van der Waals surface area contributed by atoms with Crippen LogP contribution < -0.4 is 10.6 Å². The second kappa shape index (κ2) is 6.22. The first-order valence-electron chi connectivity index (χ1n) is 7.52. The third-order valence-electron chi connectivity index (χ3n) is 3.52. The molecule has 1 aliphatic carbocycles. The van der Waals surface area contributed by atoms with Crippen molar-refractivity contribution in [2.75, 3.05) is 6.54 Å². The summed E-state index contributed by atoms with van der Waals surface area (Å²) in [6.45, 7) is 3.53. The molecule has 3 rings (SSSR count). The predicted molar refractivity (Wildman–Crippen MR) is 79.8 cm³/mol. The van der Waals surface area contributed by atoms with Gasteiger partial charge in [0.15, 0.2) is 5.65 Å². The van der Waals surface area contributed by atoms with Crippen molar-refractivity contribution in [1.29, 1.82) is 0 Å². The van der Waals surface area contributed by atoms with Crippen LogP contribution in [-0.2, 0) is 11.3 Å². The Hall–Kier alpha value is -1.95. The first-order valence-corrected chi connectivity index (χ1v) is 7.52. The van der Waals surface area contributed by atoms with E-state index in [2.05, 4.69) is 20.7 Å². The summed E-state index contributed by atoms with van der Waals surface area (Å²) >= 11 is 0. The van der Waals surface area contributed by atoms with E-state index >= 15 is 0 Å². The number of aromatic nitrogens is 3. The van der Waals surface area contributed by atoms with Gasteiger partial charge in [-0.2, -0.15) is 5.10 Å². The van der Waals surface area contributed by atoms with Gasteiger partial charge in [-0.3, -0.25) is 4.79 Å². The number of amides is 1. The molecule has 0 spiro atoms. The first kappa shape index (κ1) is 14.0. The molecular weight excluding hydrogens is 266 g/mol. The van der Waals surface area contributed by atoms with Crippen molar-refractivity contribution in [2.45, 2.75) is 45.2 Å². The van der Waals surface area contributed by atoms with Crippen molar-refractivity contribution in [3.8, 4) is 0 Å². The van der Waals surface area contributed by atoms with Crippen LogP contribution in [0.15, 0.2) is 18.5 Å². The van der Waals surface area contributed by atoms with Crippen LogP contribution in [0.2, 0.25) is 0 Å². The normalized spacial score (nSPS) is 14.5. The molecule has 0 aliphatic heterocycles. The van der Waals surface area contributed by atoms with Crippen molar-refractivity contribution >= 4 is 11.6 Å². The Kier molecular flexibility index (Phi) is 4.15. The lowest BCUT2D eigenvalue weighted by Crippen LogP contribution is -2.26. The summed E-state index contributed by atoms with van der Waals surface area (Å²) < 4.78 is 1.80. The molecule has 0 radical (unpaired) electrons. The third kappa shape index (κ3) is 4.01. The molecule has 112 valence electrons. The van der Waals surface area contributed by atoms with Crippen molar-refractivity contribution in [3.63, 3.8) is 0 Å². The number of hydrogen-bond acceptors (Lipinski definition) is 4. The molecule has 6 nitrogen and oxygen atoms in total. The maximum Gasteiger partial charge on any atom is 0.220 e. The van der Waals surface area contributed by atoms with E-state index in [1.165, 1.54) is 0 Å². The van der Waals surface area contributed by atoms with E-state index in [0.29, 0.717) is 12.5 Å². The number of aryl methyl sites for hydroxylation is 1. The standard InChI is InChI=1S/C15H21N5O/c1-11-7-14-17-9-12(10-20(14)19-11)8-16-6-2-3-15(21)18-13-4-5-13/h7,9-10,13,16H,2-6,8H2,1H3,(H,18,21). The fraction of sp³-hybridized carbons (Fsp3) is 0.533. The summed E-state index contributed by atoms with van der Waals surface area (Å²) in [6, 6.07) is 2.41. The van der Waals surface area contributed by atoms with E-state index in [4.69, 9.17) is 0 Å². The fourth-order valence-corrected chi connectivity index (χ4v) is 2.26. The lowest BCUT2D eigenvalue weighted by molar-refractivity contribution is -0.121. The van der Waals surface area contributed by atoms with Gasteiger partial charge >= 0.3 is 0 Å². The van der Waals surface area contributed by atoms with Gasteiger partial charge in [0.05, 0.1) is 5.69 Å². The van der Waals surface area contributed by atoms with E-state index < -0.39 is 0 Å². The summed E-state index contributed by atoms with van der Waals surface area (Å²) in [5.41, 5.74) is 2.93. The summed E-state index contributed by atoms with van der Waals surface area (Å²) in [4.78, 5) is 15.9. The van der Waals surface area contributed by atoms with Gasteiger partial charge in [0.25, 0.3) is 0 Å². The molecule has 2 aromatic heterocycles. The largest absolute Gasteiger partial charge is 0.353 e. The van der Waals surface area contributed by atoms with Crippen LogP contribution >= 0.6 is 0 Å². The highest BCUT2D eigenvalue weighted by atomic mass is 16.1. The van der Waals surface area contributed by atoms with Crippen LogP contribution in [0.25, 0.3) is 5.65 Å². The average molecular weight is 287 g/mol. The van der Waals surface area contributed by atoms with Gasteiger partial charge in [0, 0.05) is 43.0 Å². The molecule has 2 N–H and O–H groups in total. The Bertz CT molecular complexity index is 632. The predicted octanol–water partition coefficient (Wildman–Crippen LogP) is 1.19. The number of carbonyl (C=O) groups excluding carboxylic acids is 1. The molecule has 1 aliphatic rings. The Morgan fingerprint density at radius 1 is 1.48 bits per heavy atom. The smallest absolute Gasteiger partial charge is 0.220 e. The topological polar surface area (TPSA) is 71.3 Å². The number of rotatable bonds is 7. The minimum absolute atomic E-state index is 0.175. The van der Waals surface area contributed by atoms with Crippen LogP contribution in [0.4, 0.5) is 0 Å². The SMILES string of the molecule is Cc1cc2ncc(CNCCCC(=O)NC3CC3)cn2n1.